The fraction of sp³-hybridized carbons (Fsp3) is 0.455. The summed E-state index contributed by atoms with van der Waals surface area (Å²) in [4.78, 5) is 23.9. The summed E-state index contributed by atoms with van der Waals surface area (Å²) in [6.07, 6.45) is 4.90. The highest BCUT2D eigenvalue weighted by Gasteiger charge is 2.28. The molecule has 86 valence electrons. The van der Waals surface area contributed by atoms with E-state index in [0.717, 1.165) is 12.8 Å². The van der Waals surface area contributed by atoms with Gasteiger partial charge in [-0.1, -0.05) is 0 Å². The number of rotatable bonds is 5. The fourth-order valence-electron chi connectivity index (χ4n) is 1.56. The zero-order valence-corrected chi connectivity index (χ0v) is 8.76. The Hall–Kier alpha value is -1.78. The van der Waals surface area contributed by atoms with Crippen molar-refractivity contribution in [2.75, 3.05) is 13.1 Å². The number of carbonyl (C=O) groups is 2. The molecule has 0 spiro atoms. The van der Waals surface area contributed by atoms with Crippen molar-refractivity contribution in [2.45, 2.75) is 12.8 Å². The molecule has 16 heavy (non-hydrogen) atoms. The maximum atomic E-state index is 11.9. The molecule has 0 radical (unpaired) electrons. The Kier molecular flexibility index (Phi) is 2.94. The Morgan fingerprint density at radius 3 is 2.75 bits per heavy atom. The van der Waals surface area contributed by atoms with Crippen LogP contribution in [0.25, 0.3) is 0 Å². The number of hydrogen-bond donors (Lipinski definition) is 1. The van der Waals surface area contributed by atoms with E-state index in [0.29, 0.717) is 18.0 Å². The molecule has 1 amide bonds. The number of hydrogen-bond acceptors (Lipinski definition) is 3. The van der Waals surface area contributed by atoms with Crippen LogP contribution in [0.5, 0.6) is 0 Å². The van der Waals surface area contributed by atoms with Gasteiger partial charge in [0, 0.05) is 6.54 Å². The van der Waals surface area contributed by atoms with Crippen molar-refractivity contribution in [2.24, 2.45) is 5.92 Å². The third-order valence-electron chi connectivity index (χ3n) is 2.56. The molecule has 5 heteroatoms. The van der Waals surface area contributed by atoms with E-state index in [4.69, 9.17) is 9.52 Å². The van der Waals surface area contributed by atoms with Crippen molar-refractivity contribution >= 4 is 11.9 Å². The average Bonchev–Trinajstić information content (AvgIpc) is 2.88. The van der Waals surface area contributed by atoms with E-state index in [-0.39, 0.29) is 12.5 Å². The van der Waals surface area contributed by atoms with Crippen LogP contribution < -0.4 is 0 Å². The molecule has 0 saturated heterocycles. The Labute approximate surface area is 92.7 Å². The lowest BCUT2D eigenvalue weighted by Crippen LogP contribution is -2.37. The zero-order valence-electron chi connectivity index (χ0n) is 8.76. The van der Waals surface area contributed by atoms with Crippen LogP contribution in [0.1, 0.15) is 23.2 Å². The van der Waals surface area contributed by atoms with Crippen LogP contribution in [-0.2, 0) is 4.79 Å². The molecule has 0 aliphatic heterocycles. The predicted molar refractivity (Wildman–Crippen MR) is 55.0 cm³/mol. The first-order valence-corrected chi connectivity index (χ1v) is 5.20. The van der Waals surface area contributed by atoms with Crippen molar-refractivity contribution < 1.29 is 19.1 Å². The first kappa shape index (κ1) is 10.7. The molecule has 1 heterocycles. The van der Waals surface area contributed by atoms with Crippen molar-refractivity contribution in [1.29, 1.82) is 0 Å². The van der Waals surface area contributed by atoms with Crippen LogP contribution in [0.2, 0.25) is 0 Å². The molecule has 0 unspecified atom stereocenters. The number of carbonyl (C=O) groups excluding carboxylic acids is 1. The largest absolute Gasteiger partial charge is 0.480 e. The quantitative estimate of drug-likeness (QED) is 0.814. The number of furan rings is 1. The second-order valence-corrected chi connectivity index (χ2v) is 4.03. The minimum absolute atomic E-state index is 0.249. The van der Waals surface area contributed by atoms with E-state index in [1.807, 2.05) is 0 Å². The van der Waals surface area contributed by atoms with E-state index in [2.05, 4.69) is 0 Å². The van der Waals surface area contributed by atoms with Gasteiger partial charge in [0.15, 0.2) is 0 Å². The number of aliphatic carboxylic acids is 1. The molecule has 1 aliphatic carbocycles. The van der Waals surface area contributed by atoms with Crippen LogP contribution in [-0.4, -0.2) is 35.0 Å². The lowest BCUT2D eigenvalue weighted by Gasteiger charge is -2.19. The molecule has 0 atom stereocenters. The summed E-state index contributed by atoms with van der Waals surface area (Å²) in [5.74, 6) is -0.796. The highest BCUT2D eigenvalue weighted by Crippen LogP contribution is 2.30. The van der Waals surface area contributed by atoms with E-state index in [9.17, 15) is 9.59 Å². The average molecular weight is 223 g/mol. The van der Waals surface area contributed by atoms with Crippen LogP contribution in [0.4, 0.5) is 0 Å². The van der Waals surface area contributed by atoms with Gasteiger partial charge >= 0.3 is 5.97 Å². The summed E-state index contributed by atoms with van der Waals surface area (Å²) in [6.45, 7) is 0.275. The molecule has 1 saturated carbocycles. The third kappa shape index (κ3) is 2.62. The lowest BCUT2D eigenvalue weighted by molar-refractivity contribution is -0.137. The molecular formula is C11H13NO4. The van der Waals surface area contributed by atoms with Gasteiger partial charge in [-0.05, 0) is 24.8 Å². The topological polar surface area (TPSA) is 70.8 Å². The molecule has 1 aromatic rings. The minimum Gasteiger partial charge on any atom is -0.480 e. The van der Waals surface area contributed by atoms with Gasteiger partial charge in [-0.25, -0.2) is 0 Å². The summed E-state index contributed by atoms with van der Waals surface area (Å²) >= 11 is 0. The molecule has 5 nitrogen and oxygen atoms in total. The molecular weight excluding hydrogens is 210 g/mol. The van der Waals surface area contributed by atoms with Crippen LogP contribution >= 0.6 is 0 Å². The second kappa shape index (κ2) is 4.38. The maximum Gasteiger partial charge on any atom is 0.323 e. The Bertz CT molecular complexity index is 381. The van der Waals surface area contributed by atoms with Gasteiger partial charge in [0.05, 0.1) is 11.8 Å². The standard InChI is InChI=1S/C11H13NO4/c13-10(14)6-12(5-8-1-2-8)11(15)9-3-4-16-7-9/h3-4,7-8H,1-2,5-6H2,(H,13,14). The van der Waals surface area contributed by atoms with E-state index in [1.165, 1.54) is 17.4 Å². The van der Waals surface area contributed by atoms with Gasteiger partial charge in [0.1, 0.15) is 12.8 Å². The van der Waals surface area contributed by atoms with E-state index >= 15 is 0 Å². The Balaban J connectivity index is 2.04. The van der Waals surface area contributed by atoms with E-state index in [1.54, 1.807) is 6.07 Å². The minimum atomic E-state index is -0.988. The fourth-order valence-corrected chi connectivity index (χ4v) is 1.56. The zero-order chi connectivity index (χ0) is 11.5. The third-order valence-corrected chi connectivity index (χ3v) is 2.56. The van der Waals surface area contributed by atoms with Crippen molar-refractivity contribution in [3.63, 3.8) is 0 Å². The highest BCUT2D eigenvalue weighted by molar-refractivity contribution is 5.95. The summed E-state index contributed by atoms with van der Waals surface area (Å²) in [7, 11) is 0. The molecule has 0 aromatic carbocycles. The molecule has 1 aliphatic rings. The summed E-state index contributed by atoms with van der Waals surface area (Å²) in [5, 5.41) is 8.75. The van der Waals surface area contributed by atoms with Crippen molar-refractivity contribution in [3.8, 4) is 0 Å². The van der Waals surface area contributed by atoms with E-state index < -0.39 is 5.97 Å². The first-order chi connectivity index (χ1) is 7.66. The molecule has 1 fully saturated rings. The summed E-state index contributed by atoms with van der Waals surface area (Å²) in [6, 6.07) is 1.55. The molecule has 1 N–H and O–H groups in total. The lowest BCUT2D eigenvalue weighted by atomic mass is 10.2. The maximum absolute atomic E-state index is 11.9. The Morgan fingerprint density at radius 1 is 1.50 bits per heavy atom. The molecule has 2 rings (SSSR count). The number of carboxylic acids is 1. The number of nitrogens with zero attached hydrogens (tertiary/aromatic N) is 1. The Morgan fingerprint density at radius 2 is 2.25 bits per heavy atom. The van der Waals surface area contributed by atoms with Crippen LogP contribution in [0.3, 0.4) is 0 Å². The first-order valence-electron chi connectivity index (χ1n) is 5.20. The second-order valence-electron chi connectivity index (χ2n) is 4.03. The van der Waals surface area contributed by atoms with Gasteiger partial charge in [-0.15, -0.1) is 0 Å². The van der Waals surface area contributed by atoms with Gasteiger partial charge in [-0.3, -0.25) is 9.59 Å². The van der Waals surface area contributed by atoms with Crippen molar-refractivity contribution in [3.05, 3.63) is 24.2 Å². The normalized spacial score (nSPS) is 14.8. The molecule has 1 aromatic heterocycles. The summed E-state index contributed by atoms with van der Waals surface area (Å²) < 4.78 is 4.82. The SMILES string of the molecule is O=C(O)CN(CC1CC1)C(=O)c1ccoc1. The number of carboxylic acid groups (broad SMARTS) is 1. The monoisotopic (exact) mass is 223 g/mol. The molecule has 0 bridgehead atoms. The van der Waals surface area contributed by atoms with Crippen molar-refractivity contribution in [1.82, 2.24) is 4.90 Å². The number of amides is 1. The summed E-state index contributed by atoms with van der Waals surface area (Å²) in [5.41, 5.74) is 0.405. The highest BCUT2D eigenvalue weighted by atomic mass is 16.4. The predicted octanol–water partition coefficient (Wildman–Crippen LogP) is 1.22. The van der Waals surface area contributed by atoms with Crippen LogP contribution in [0.15, 0.2) is 23.0 Å². The van der Waals surface area contributed by atoms with Gasteiger partial charge < -0.3 is 14.4 Å². The van der Waals surface area contributed by atoms with Gasteiger partial charge in [0.2, 0.25) is 0 Å². The van der Waals surface area contributed by atoms with Crippen LogP contribution in [0, 0.1) is 5.92 Å². The van der Waals surface area contributed by atoms with Gasteiger partial charge in [-0.2, -0.15) is 0 Å². The smallest absolute Gasteiger partial charge is 0.323 e. The van der Waals surface area contributed by atoms with Gasteiger partial charge in [0.25, 0.3) is 5.91 Å².